The zero-order chi connectivity index (χ0) is 24.0. The molecular formula is C24H25F3N4O2. The number of hydrogen-bond donors (Lipinski definition) is 1. The summed E-state index contributed by atoms with van der Waals surface area (Å²) in [4.78, 5) is 18.0. The maximum absolute atomic E-state index is 13.2. The van der Waals surface area contributed by atoms with Gasteiger partial charge in [-0.2, -0.15) is 18.3 Å². The fourth-order valence-electron chi connectivity index (χ4n) is 3.19. The number of nitrogens with zero attached hydrogens (tertiary/aromatic N) is 3. The monoisotopic (exact) mass is 458 g/mol. The average Bonchev–Trinajstić information content (AvgIpc) is 3.20. The molecule has 2 aromatic carbocycles. The minimum Gasteiger partial charge on any atom is -0.396 e. The Morgan fingerprint density at radius 2 is 1.85 bits per heavy atom. The van der Waals surface area contributed by atoms with E-state index in [-0.39, 0.29) is 0 Å². The number of carbonyl (C=O) groups excluding carboxylic acids is 1. The molecule has 0 unspecified atom stereocenters. The van der Waals surface area contributed by atoms with Gasteiger partial charge in [-0.1, -0.05) is 61.0 Å². The predicted molar refractivity (Wildman–Crippen MR) is 121 cm³/mol. The number of hydrogen-bond acceptors (Lipinski definition) is 4. The van der Waals surface area contributed by atoms with Crippen LogP contribution in [0.15, 0.2) is 59.9 Å². The molecular weight excluding hydrogens is 433 g/mol. The van der Waals surface area contributed by atoms with E-state index in [2.05, 4.69) is 22.5 Å². The van der Waals surface area contributed by atoms with Crippen molar-refractivity contribution < 1.29 is 22.8 Å². The number of carbonyl (C=O) groups is 1. The van der Waals surface area contributed by atoms with Crippen LogP contribution in [0.25, 0.3) is 11.1 Å². The van der Waals surface area contributed by atoms with Gasteiger partial charge < -0.3 is 10.2 Å². The van der Waals surface area contributed by atoms with Crippen molar-refractivity contribution in [2.75, 3.05) is 11.9 Å². The maximum Gasteiger partial charge on any atom is 0.435 e. The first-order valence-electron chi connectivity index (χ1n) is 10.5. The van der Waals surface area contributed by atoms with Gasteiger partial charge in [0.2, 0.25) is 0 Å². The van der Waals surface area contributed by atoms with Gasteiger partial charge in [-0.3, -0.25) is 9.48 Å². The van der Waals surface area contributed by atoms with Crippen LogP contribution in [0.1, 0.15) is 48.3 Å². The Morgan fingerprint density at radius 1 is 1.15 bits per heavy atom. The highest BCUT2D eigenvalue weighted by molar-refractivity contribution is 6.07. The number of amides is 1. The number of halogens is 3. The number of para-hydroxylation sites is 1. The Hall–Kier alpha value is -3.62. The molecule has 0 spiro atoms. The van der Waals surface area contributed by atoms with Crippen molar-refractivity contribution in [2.45, 2.75) is 32.9 Å². The number of aromatic nitrogens is 2. The van der Waals surface area contributed by atoms with Crippen LogP contribution >= 0.6 is 0 Å². The zero-order valence-corrected chi connectivity index (χ0v) is 18.6. The minimum atomic E-state index is -4.73. The molecule has 174 valence electrons. The van der Waals surface area contributed by atoms with E-state index in [0.717, 1.165) is 40.6 Å². The smallest absolute Gasteiger partial charge is 0.396 e. The number of unbranched alkanes of at least 4 members (excludes halogenated alkanes) is 1. The van der Waals surface area contributed by atoms with Gasteiger partial charge in [-0.25, -0.2) is 0 Å². The normalized spacial score (nSPS) is 12.0. The molecule has 0 bridgehead atoms. The highest BCUT2D eigenvalue weighted by Crippen LogP contribution is 2.32. The first-order valence-corrected chi connectivity index (χ1v) is 10.5. The predicted octanol–water partition coefficient (Wildman–Crippen LogP) is 5.90. The van der Waals surface area contributed by atoms with E-state index in [1.807, 2.05) is 31.2 Å². The van der Waals surface area contributed by atoms with Crippen molar-refractivity contribution >= 4 is 17.3 Å². The second kappa shape index (κ2) is 10.3. The van der Waals surface area contributed by atoms with Gasteiger partial charge in [0.25, 0.3) is 5.91 Å². The van der Waals surface area contributed by atoms with Gasteiger partial charge in [0.05, 0.1) is 11.3 Å². The average molecular weight is 458 g/mol. The lowest BCUT2D eigenvalue weighted by Gasteiger charge is -2.12. The van der Waals surface area contributed by atoms with E-state index in [4.69, 9.17) is 4.84 Å². The van der Waals surface area contributed by atoms with Crippen LogP contribution in [0.4, 0.5) is 18.9 Å². The molecule has 1 amide bonds. The third-order valence-corrected chi connectivity index (χ3v) is 4.92. The highest BCUT2D eigenvalue weighted by atomic mass is 19.4. The third-order valence-electron chi connectivity index (χ3n) is 4.92. The van der Waals surface area contributed by atoms with Crippen LogP contribution in [0.3, 0.4) is 0 Å². The van der Waals surface area contributed by atoms with Crippen LogP contribution in [0.2, 0.25) is 0 Å². The quantitative estimate of drug-likeness (QED) is 0.260. The summed E-state index contributed by atoms with van der Waals surface area (Å²) in [7, 11) is 1.33. The molecule has 33 heavy (non-hydrogen) atoms. The Morgan fingerprint density at radius 3 is 2.52 bits per heavy atom. The molecule has 3 rings (SSSR count). The summed E-state index contributed by atoms with van der Waals surface area (Å²) in [6.45, 7) is 4.48. The van der Waals surface area contributed by atoms with Crippen molar-refractivity contribution in [3.63, 3.8) is 0 Å². The molecule has 0 atom stereocenters. The van der Waals surface area contributed by atoms with Crippen molar-refractivity contribution in [3.8, 4) is 11.1 Å². The number of oxime groups is 1. The van der Waals surface area contributed by atoms with Gasteiger partial charge in [0, 0.05) is 24.5 Å². The second-order valence-electron chi connectivity index (χ2n) is 7.50. The van der Waals surface area contributed by atoms with Gasteiger partial charge in [0.15, 0.2) is 5.69 Å². The number of alkyl halides is 3. The first kappa shape index (κ1) is 24.0. The van der Waals surface area contributed by atoms with Crippen LogP contribution in [0, 0.1) is 0 Å². The largest absolute Gasteiger partial charge is 0.435 e. The SMILES string of the molecule is CCCCON=C(C)c1ccc(-c2ccccc2NC(=O)c2cn(C)nc2C(F)(F)F)cc1. The summed E-state index contributed by atoms with van der Waals surface area (Å²) in [6.07, 6.45) is -1.72. The molecule has 0 saturated heterocycles. The van der Waals surface area contributed by atoms with Crippen LogP contribution in [-0.4, -0.2) is 28.0 Å². The lowest BCUT2D eigenvalue weighted by atomic mass is 10.0. The lowest BCUT2D eigenvalue weighted by molar-refractivity contribution is -0.141. The van der Waals surface area contributed by atoms with Crippen LogP contribution in [0.5, 0.6) is 0 Å². The Balaban J connectivity index is 1.82. The molecule has 3 aromatic rings. The van der Waals surface area contributed by atoms with E-state index in [0.29, 0.717) is 17.9 Å². The van der Waals surface area contributed by atoms with Crippen LogP contribution < -0.4 is 5.32 Å². The summed E-state index contributed by atoms with van der Waals surface area (Å²) in [5.41, 5.74) is 1.70. The van der Waals surface area contributed by atoms with E-state index in [9.17, 15) is 18.0 Å². The lowest BCUT2D eigenvalue weighted by Crippen LogP contribution is -2.18. The molecule has 0 fully saturated rings. The molecule has 0 saturated carbocycles. The van der Waals surface area contributed by atoms with Crippen molar-refractivity contribution in [3.05, 3.63) is 71.5 Å². The molecule has 6 nitrogen and oxygen atoms in total. The standard InChI is InChI=1S/C24H25F3N4O2/c1-4-5-14-33-30-16(2)17-10-12-18(13-11-17)19-8-6-7-9-21(19)28-23(32)20-15-31(3)29-22(20)24(25,26)27/h6-13,15H,4-5,14H2,1-3H3,(H,28,32). The summed E-state index contributed by atoms with van der Waals surface area (Å²) < 4.78 is 40.7. The van der Waals surface area contributed by atoms with Crippen molar-refractivity contribution in [1.82, 2.24) is 9.78 Å². The highest BCUT2D eigenvalue weighted by Gasteiger charge is 2.39. The van der Waals surface area contributed by atoms with E-state index in [1.165, 1.54) is 7.05 Å². The maximum atomic E-state index is 13.2. The molecule has 0 aliphatic heterocycles. The first-order chi connectivity index (χ1) is 15.7. The summed E-state index contributed by atoms with van der Waals surface area (Å²) >= 11 is 0. The van der Waals surface area contributed by atoms with E-state index < -0.39 is 23.3 Å². The number of rotatable bonds is 8. The van der Waals surface area contributed by atoms with E-state index in [1.54, 1.807) is 24.3 Å². The third kappa shape index (κ3) is 6.00. The molecule has 1 N–H and O–H groups in total. The fraction of sp³-hybridized carbons (Fsp3) is 0.292. The number of anilines is 1. The topological polar surface area (TPSA) is 68.5 Å². The van der Waals surface area contributed by atoms with Gasteiger partial charge in [-0.15, -0.1) is 0 Å². The fourth-order valence-corrected chi connectivity index (χ4v) is 3.19. The minimum absolute atomic E-state index is 0.389. The Kier molecular flexibility index (Phi) is 7.52. The molecule has 9 heteroatoms. The van der Waals surface area contributed by atoms with Crippen molar-refractivity contribution in [1.29, 1.82) is 0 Å². The zero-order valence-electron chi connectivity index (χ0n) is 18.6. The molecule has 1 heterocycles. The number of nitrogens with one attached hydrogen (secondary N) is 1. The number of benzene rings is 2. The van der Waals surface area contributed by atoms with Crippen LogP contribution in [-0.2, 0) is 18.1 Å². The molecule has 1 aromatic heterocycles. The van der Waals surface area contributed by atoms with Gasteiger partial charge in [-0.05, 0) is 30.5 Å². The van der Waals surface area contributed by atoms with Gasteiger partial charge in [0.1, 0.15) is 6.61 Å². The molecule has 0 aliphatic rings. The summed E-state index contributed by atoms with van der Waals surface area (Å²) in [5.74, 6) is -0.883. The molecule has 0 radical (unpaired) electrons. The second-order valence-corrected chi connectivity index (χ2v) is 7.50. The van der Waals surface area contributed by atoms with Crippen molar-refractivity contribution in [2.24, 2.45) is 12.2 Å². The molecule has 0 aliphatic carbocycles. The van der Waals surface area contributed by atoms with Gasteiger partial charge >= 0.3 is 6.18 Å². The number of aryl methyl sites for hydroxylation is 1. The Bertz CT molecular complexity index is 1140. The summed E-state index contributed by atoms with van der Waals surface area (Å²) in [5, 5.41) is 10.1. The Labute approximate surface area is 190 Å². The summed E-state index contributed by atoms with van der Waals surface area (Å²) in [6, 6.07) is 14.4. The van der Waals surface area contributed by atoms with E-state index >= 15 is 0 Å².